The molecule has 0 fully saturated rings. The normalized spacial score (nSPS) is 10.0. The zero-order chi connectivity index (χ0) is 19.9. The van der Waals surface area contributed by atoms with Crippen LogP contribution < -0.4 is 22.9 Å². The Morgan fingerprint density at radius 3 is 1.64 bits per heavy atom. The number of nitrogens with one attached hydrogen (secondary N) is 3. The second-order valence-corrected chi connectivity index (χ2v) is 5.04. The van der Waals surface area contributed by atoms with Gasteiger partial charge in [-0.1, -0.05) is 0 Å². The van der Waals surface area contributed by atoms with E-state index < -0.39 is 5.69 Å². The number of H-pyrrole nitrogens is 3. The summed E-state index contributed by atoms with van der Waals surface area (Å²) in [6, 6.07) is 1.52. The van der Waals surface area contributed by atoms with Gasteiger partial charge in [-0.05, 0) is 6.07 Å². The van der Waals surface area contributed by atoms with Crippen LogP contribution >= 0.6 is 0 Å². The van der Waals surface area contributed by atoms with Crippen molar-refractivity contribution in [2.45, 2.75) is 0 Å². The molecule has 28 heavy (non-hydrogen) atoms. The molecule has 5 heterocycles. The number of aromatic amines is 3. The van der Waals surface area contributed by atoms with Crippen LogP contribution in [0.4, 0.5) is 17.5 Å². The number of hydrogen-bond donors (Lipinski definition) is 6. The van der Waals surface area contributed by atoms with Crippen molar-refractivity contribution in [3.63, 3.8) is 0 Å². The zero-order valence-electron chi connectivity index (χ0n) is 14.2. The minimum Gasteiger partial charge on any atom is -0.383 e. The van der Waals surface area contributed by atoms with Gasteiger partial charge in [0.15, 0.2) is 22.9 Å². The van der Waals surface area contributed by atoms with E-state index in [0.717, 1.165) is 0 Å². The van der Waals surface area contributed by atoms with Crippen LogP contribution in [0.3, 0.4) is 0 Å². The smallest absolute Gasteiger partial charge is 0.346 e. The van der Waals surface area contributed by atoms with Gasteiger partial charge in [-0.3, -0.25) is 0 Å². The monoisotopic (exact) mass is 381 g/mol. The van der Waals surface area contributed by atoms with E-state index in [2.05, 4.69) is 49.8 Å². The first kappa shape index (κ1) is 18.2. The molecule has 0 bridgehead atoms. The van der Waals surface area contributed by atoms with Gasteiger partial charge in [-0.15, -0.1) is 0 Å². The number of rotatable bonds is 0. The lowest BCUT2D eigenvalue weighted by Gasteiger charge is -1.89. The summed E-state index contributed by atoms with van der Waals surface area (Å²) in [6.07, 6.45) is 7.30. The fourth-order valence-electron chi connectivity index (χ4n) is 1.95. The first-order valence-corrected chi connectivity index (χ1v) is 7.65. The minimum atomic E-state index is -0.412. The van der Waals surface area contributed by atoms with Gasteiger partial charge in [0.25, 0.3) is 0 Å². The van der Waals surface area contributed by atoms with Crippen LogP contribution in [0.1, 0.15) is 0 Å². The van der Waals surface area contributed by atoms with Gasteiger partial charge >= 0.3 is 5.69 Å². The fourth-order valence-corrected chi connectivity index (χ4v) is 1.95. The molecule has 0 radical (unpaired) electrons. The van der Waals surface area contributed by atoms with Crippen LogP contribution in [0.2, 0.25) is 0 Å². The maximum atomic E-state index is 10.2. The van der Waals surface area contributed by atoms with E-state index in [1.54, 1.807) is 0 Å². The maximum absolute atomic E-state index is 10.2. The van der Waals surface area contributed by atoms with Crippen LogP contribution in [-0.4, -0.2) is 49.8 Å². The highest BCUT2D eigenvalue weighted by Gasteiger charge is 2.00. The van der Waals surface area contributed by atoms with Gasteiger partial charge in [-0.2, -0.15) is 4.98 Å². The number of nitrogen functional groups attached to an aromatic ring is 3. The van der Waals surface area contributed by atoms with E-state index in [4.69, 9.17) is 17.2 Å². The standard InChI is InChI=1S/2C5H5N5.C4H5N3O/c2*6-4-3-5(9-1-7-3)10-2-8-4;5-3-1-2-6-4(8)7-3/h2*1-2H,(H3,6,7,8,9,10);1-2H,(H3,5,6,7,8). The third-order valence-electron chi connectivity index (χ3n) is 3.20. The number of anilines is 3. The van der Waals surface area contributed by atoms with Gasteiger partial charge in [0.05, 0.1) is 12.7 Å². The Morgan fingerprint density at radius 2 is 1.25 bits per heavy atom. The topological polar surface area (TPSA) is 233 Å². The van der Waals surface area contributed by atoms with E-state index in [1.807, 2.05) is 0 Å². The van der Waals surface area contributed by atoms with Crippen molar-refractivity contribution in [2.24, 2.45) is 0 Å². The van der Waals surface area contributed by atoms with Crippen molar-refractivity contribution in [3.05, 3.63) is 48.1 Å². The Bertz CT molecular complexity index is 1170. The summed E-state index contributed by atoms with van der Waals surface area (Å²) in [7, 11) is 0. The van der Waals surface area contributed by atoms with Crippen molar-refractivity contribution in [1.29, 1.82) is 0 Å². The molecular formula is C14H15N13O. The molecule has 9 N–H and O–H groups in total. The Labute approximate surface area is 155 Å². The first-order chi connectivity index (χ1) is 13.5. The second kappa shape index (κ2) is 8.17. The fraction of sp³-hybridized carbons (Fsp3) is 0. The second-order valence-electron chi connectivity index (χ2n) is 5.04. The number of hydrogen-bond acceptors (Lipinski definition) is 11. The van der Waals surface area contributed by atoms with Crippen molar-refractivity contribution in [1.82, 2.24) is 49.8 Å². The molecule has 0 saturated heterocycles. The Morgan fingerprint density at radius 1 is 0.714 bits per heavy atom. The number of nitrogens with two attached hydrogens (primary N) is 3. The van der Waals surface area contributed by atoms with Crippen LogP contribution in [0.5, 0.6) is 0 Å². The Balaban J connectivity index is 0.000000122. The van der Waals surface area contributed by atoms with Crippen LogP contribution in [0.15, 0.2) is 42.4 Å². The van der Waals surface area contributed by atoms with Crippen LogP contribution in [0.25, 0.3) is 22.3 Å². The molecule has 14 nitrogen and oxygen atoms in total. The molecule has 0 aliphatic carbocycles. The lowest BCUT2D eigenvalue weighted by atomic mass is 10.5. The molecule has 0 aliphatic heterocycles. The predicted octanol–water partition coefficient (Wildman–Crippen LogP) is -0.778. The van der Waals surface area contributed by atoms with Crippen LogP contribution in [0, 0.1) is 0 Å². The predicted molar refractivity (Wildman–Crippen MR) is 101 cm³/mol. The zero-order valence-corrected chi connectivity index (χ0v) is 14.2. The Kier molecular flexibility index (Phi) is 5.31. The molecule has 5 aromatic rings. The lowest BCUT2D eigenvalue weighted by molar-refractivity contribution is 1.08. The molecule has 14 heteroatoms. The molecular weight excluding hydrogens is 366 g/mol. The van der Waals surface area contributed by atoms with E-state index >= 15 is 0 Å². The lowest BCUT2D eigenvalue weighted by Crippen LogP contribution is -2.10. The van der Waals surface area contributed by atoms with Crippen molar-refractivity contribution in [2.75, 3.05) is 17.2 Å². The minimum absolute atomic E-state index is 0.244. The molecule has 142 valence electrons. The molecule has 0 spiro atoms. The number of fused-ring (bicyclic) bond motifs is 2. The average molecular weight is 381 g/mol. The van der Waals surface area contributed by atoms with E-state index in [-0.39, 0.29) is 5.82 Å². The number of nitrogens with zero attached hydrogens (tertiary/aromatic N) is 7. The van der Waals surface area contributed by atoms with Gasteiger partial charge in [0.2, 0.25) is 0 Å². The average Bonchev–Trinajstić information content (AvgIpc) is 3.33. The van der Waals surface area contributed by atoms with Gasteiger partial charge in [0.1, 0.15) is 29.5 Å². The van der Waals surface area contributed by atoms with Gasteiger partial charge < -0.3 is 32.2 Å². The summed E-state index contributed by atoms with van der Waals surface area (Å²) in [5.74, 6) is 1.11. The van der Waals surface area contributed by atoms with Crippen molar-refractivity contribution in [3.8, 4) is 0 Å². The quantitative estimate of drug-likeness (QED) is 0.194. The van der Waals surface area contributed by atoms with Crippen molar-refractivity contribution < 1.29 is 0 Å². The summed E-state index contributed by atoms with van der Waals surface area (Å²) >= 11 is 0. The Hall–Kier alpha value is -4.62. The highest BCUT2D eigenvalue weighted by atomic mass is 16.1. The summed E-state index contributed by atoms with van der Waals surface area (Å²) in [5, 5.41) is 0. The molecule has 5 aromatic heterocycles. The molecule has 0 atom stereocenters. The summed E-state index contributed by atoms with van der Waals surface area (Å²) in [5.41, 5.74) is 18.3. The largest absolute Gasteiger partial charge is 0.383 e. The van der Waals surface area contributed by atoms with E-state index in [9.17, 15) is 4.79 Å². The third kappa shape index (κ3) is 4.31. The summed E-state index contributed by atoms with van der Waals surface area (Å²) < 4.78 is 0. The maximum Gasteiger partial charge on any atom is 0.346 e. The SMILES string of the molecule is Nc1cc[nH]c(=O)n1.Nc1ncnc2nc[nH]c12.Nc1ncnc2nc[nH]c12. The van der Waals surface area contributed by atoms with E-state index in [1.165, 1.54) is 37.6 Å². The number of imidazole rings is 2. The molecule has 5 rings (SSSR count). The molecule has 0 amide bonds. The number of aromatic nitrogens is 10. The third-order valence-corrected chi connectivity index (χ3v) is 3.20. The van der Waals surface area contributed by atoms with E-state index in [0.29, 0.717) is 34.0 Å². The highest BCUT2D eigenvalue weighted by molar-refractivity contribution is 5.80. The highest BCUT2D eigenvalue weighted by Crippen LogP contribution is 2.09. The molecule has 0 saturated carbocycles. The van der Waals surface area contributed by atoms with Gasteiger partial charge in [-0.25, -0.2) is 34.7 Å². The summed E-state index contributed by atoms with van der Waals surface area (Å²) in [4.78, 5) is 44.6. The summed E-state index contributed by atoms with van der Waals surface area (Å²) in [6.45, 7) is 0. The van der Waals surface area contributed by atoms with Crippen LogP contribution in [-0.2, 0) is 0 Å². The first-order valence-electron chi connectivity index (χ1n) is 7.65. The van der Waals surface area contributed by atoms with Gasteiger partial charge in [0, 0.05) is 6.20 Å². The van der Waals surface area contributed by atoms with Crippen molar-refractivity contribution >= 4 is 39.8 Å². The molecule has 0 aromatic carbocycles. The molecule has 0 unspecified atom stereocenters. The molecule has 0 aliphatic rings.